The number of aliphatic hydroxyl groups is 1. The standard InChI is InChI=1S/C15H23BrN2O/c1-17(2)14-6-8-18(11-14)9-7-15(19)12-4-3-5-13(16)10-12/h3-5,10,14-15,19H,6-9,11H2,1-2H3. The molecule has 2 atom stereocenters. The molecule has 1 aromatic carbocycles. The van der Waals surface area contributed by atoms with Gasteiger partial charge in [0.25, 0.3) is 0 Å². The molecule has 1 saturated heterocycles. The molecule has 19 heavy (non-hydrogen) atoms. The lowest BCUT2D eigenvalue weighted by molar-refractivity contribution is 0.146. The first-order chi connectivity index (χ1) is 9.06. The van der Waals surface area contributed by atoms with Gasteiger partial charge in [0.15, 0.2) is 0 Å². The van der Waals surface area contributed by atoms with Crippen LogP contribution in [-0.4, -0.2) is 54.7 Å². The monoisotopic (exact) mass is 326 g/mol. The van der Waals surface area contributed by atoms with Gasteiger partial charge in [-0.2, -0.15) is 0 Å². The van der Waals surface area contributed by atoms with Crippen LogP contribution < -0.4 is 0 Å². The fourth-order valence-electron chi connectivity index (χ4n) is 2.62. The van der Waals surface area contributed by atoms with Crippen LogP contribution >= 0.6 is 15.9 Å². The van der Waals surface area contributed by atoms with Crippen molar-refractivity contribution in [1.29, 1.82) is 0 Å². The van der Waals surface area contributed by atoms with Gasteiger partial charge in [-0.15, -0.1) is 0 Å². The Morgan fingerprint density at radius 3 is 2.89 bits per heavy atom. The van der Waals surface area contributed by atoms with Crippen molar-refractivity contribution < 1.29 is 5.11 Å². The van der Waals surface area contributed by atoms with E-state index in [1.807, 2.05) is 24.3 Å². The van der Waals surface area contributed by atoms with Gasteiger partial charge in [0, 0.05) is 23.6 Å². The molecule has 1 heterocycles. The van der Waals surface area contributed by atoms with E-state index in [2.05, 4.69) is 39.8 Å². The molecule has 1 aromatic rings. The molecule has 0 aromatic heterocycles. The largest absolute Gasteiger partial charge is 0.388 e. The average Bonchev–Trinajstić information content (AvgIpc) is 2.85. The summed E-state index contributed by atoms with van der Waals surface area (Å²) in [5, 5.41) is 10.2. The molecule has 1 aliphatic heterocycles. The lowest BCUT2D eigenvalue weighted by Gasteiger charge is -2.21. The summed E-state index contributed by atoms with van der Waals surface area (Å²) in [5.41, 5.74) is 0.998. The summed E-state index contributed by atoms with van der Waals surface area (Å²) in [6, 6.07) is 8.61. The third kappa shape index (κ3) is 4.28. The third-order valence-electron chi connectivity index (χ3n) is 3.93. The number of aliphatic hydroxyl groups excluding tert-OH is 1. The Morgan fingerprint density at radius 1 is 1.47 bits per heavy atom. The zero-order valence-electron chi connectivity index (χ0n) is 11.7. The van der Waals surface area contributed by atoms with Crippen LogP contribution in [0.25, 0.3) is 0 Å². The summed E-state index contributed by atoms with van der Waals surface area (Å²) in [6.45, 7) is 3.24. The fraction of sp³-hybridized carbons (Fsp3) is 0.600. The van der Waals surface area contributed by atoms with Gasteiger partial charge < -0.3 is 14.9 Å². The normalized spacial score (nSPS) is 22.1. The van der Waals surface area contributed by atoms with Gasteiger partial charge in [0.05, 0.1) is 6.10 Å². The van der Waals surface area contributed by atoms with Crippen LogP contribution in [-0.2, 0) is 0 Å². The summed E-state index contributed by atoms with van der Waals surface area (Å²) in [6.07, 6.45) is 1.67. The van der Waals surface area contributed by atoms with Crippen LogP contribution in [0, 0.1) is 0 Å². The maximum absolute atomic E-state index is 10.2. The first-order valence-electron chi connectivity index (χ1n) is 6.88. The maximum atomic E-state index is 10.2. The van der Waals surface area contributed by atoms with Crippen LogP contribution in [0.5, 0.6) is 0 Å². The van der Waals surface area contributed by atoms with Crippen LogP contribution in [0.3, 0.4) is 0 Å². The van der Waals surface area contributed by atoms with Crippen LogP contribution in [0.2, 0.25) is 0 Å². The molecule has 0 radical (unpaired) electrons. The molecule has 1 aliphatic rings. The number of likely N-dealkylation sites (N-methyl/N-ethyl adjacent to an activating group) is 1. The number of nitrogens with zero attached hydrogens (tertiary/aromatic N) is 2. The van der Waals surface area contributed by atoms with Gasteiger partial charge >= 0.3 is 0 Å². The lowest BCUT2D eigenvalue weighted by atomic mass is 10.1. The molecule has 0 saturated carbocycles. The molecular formula is C15H23BrN2O. The summed E-state index contributed by atoms with van der Waals surface area (Å²) < 4.78 is 1.03. The SMILES string of the molecule is CN(C)C1CCN(CCC(O)c2cccc(Br)c2)C1. The molecule has 2 unspecified atom stereocenters. The highest BCUT2D eigenvalue weighted by atomic mass is 79.9. The van der Waals surface area contributed by atoms with Crippen molar-refractivity contribution in [3.05, 3.63) is 34.3 Å². The second-order valence-corrected chi connectivity index (χ2v) is 6.48. The minimum atomic E-state index is -0.365. The van der Waals surface area contributed by atoms with E-state index in [4.69, 9.17) is 0 Å². The number of hydrogen-bond acceptors (Lipinski definition) is 3. The van der Waals surface area contributed by atoms with Crippen molar-refractivity contribution in [2.45, 2.75) is 25.0 Å². The zero-order valence-corrected chi connectivity index (χ0v) is 13.3. The van der Waals surface area contributed by atoms with Gasteiger partial charge in [-0.1, -0.05) is 28.1 Å². The molecule has 0 amide bonds. The van der Waals surface area contributed by atoms with E-state index in [1.165, 1.54) is 6.42 Å². The fourth-order valence-corrected chi connectivity index (χ4v) is 3.04. The van der Waals surface area contributed by atoms with Gasteiger partial charge in [0.2, 0.25) is 0 Å². The molecule has 1 fully saturated rings. The van der Waals surface area contributed by atoms with E-state index in [0.29, 0.717) is 6.04 Å². The highest BCUT2D eigenvalue weighted by Gasteiger charge is 2.24. The van der Waals surface area contributed by atoms with E-state index in [-0.39, 0.29) is 6.10 Å². The average molecular weight is 327 g/mol. The van der Waals surface area contributed by atoms with Crippen molar-refractivity contribution >= 4 is 15.9 Å². The minimum Gasteiger partial charge on any atom is -0.388 e. The molecule has 1 N–H and O–H groups in total. The Kier molecular flexibility index (Phi) is 5.39. The van der Waals surface area contributed by atoms with Gasteiger partial charge in [-0.3, -0.25) is 0 Å². The molecule has 0 aliphatic carbocycles. The highest BCUT2D eigenvalue weighted by molar-refractivity contribution is 9.10. The molecular weight excluding hydrogens is 304 g/mol. The number of halogens is 1. The number of rotatable bonds is 5. The summed E-state index contributed by atoms with van der Waals surface area (Å²) in [4.78, 5) is 4.75. The third-order valence-corrected chi connectivity index (χ3v) is 4.42. The van der Waals surface area contributed by atoms with E-state index < -0.39 is 0 Å². The molecule has 4 heteroatoms. The quantitative estimate of drug-likeness (QED) is 0.900. The lowest BCUT2D eigenvalue weighted by Crippen LogP contribution is -2.32. The summed E-state index contributed by atoms with van der Waals surface area (Å²) >= 11 is 3.44. The Morgan fingerprint density at radius 2 is 2.26 bits per heavy atom. The number of hydrogen-bond donors (Lipinski definition) is 1. The Bertz CT molecular complexity index is 411. The van der Waals surface area contributed by atoms with E-state index in [0.717, 1.165) is 36.1 Å². The second-order valence-electron chi connectivity index (χ2n) is 5.57. The summed E-state index contributed by atoms with van der Waals surface area (Å²) in [7, 11) is 4.29. The number of likely N-dealkylation sites (tertiary alicyclic amines) is 1. The van der Waals surface area contributed by atoms with E-state index in [9.17, 15) is 5.11 Å². The Labute approximate surface area is 124 Å². The minimum absolute atomic E-state index is 0.365. The predicted octanol–water partition coefficient (Wildman–Crippen LogP) is 2.51. The Balaban J connectivity index is 1.80. The Hall–Kier alpha value is -0.420. The first-order valence-corrected chi connectivity index (χ1v) is 7.68. The predicted molar refractivity (Wildman–Crippen MR) is 82.3 cm³/mol. The number of benzene rings is 1. The van der Waals surface area contributed by atoms with Gasteiger partial charge in [-0.05, 0) is 51.2 Å². The smallest absolute Gasteiger partial charge is 0.0802 e. The topological polar surface area (TPSA) is 26.7 Å². The van der Waals surface area contributed by atoms with Crippen molar-refractivity contribution in [2.75, 3.05) is 33.7 Å². The molecule has 106 valence electrons. The van der Waals surface area contributed by atoms with E-state index >= 15 is 0 Å². The van der Waals surface area contributed by atoms with Crippen molar-refractivity contribution in [1.82, 2.24) is 9.80 Å². The van der Waals surface area contributed by atoms with Crippen molar-refractivity contribution in [3.8, 4) is 0 Å². The van der Waals surface area contributed by atoms with Gasteiger partial charge in [-0.25, -0.2) is 0 Å². The molecule has 0 bridgehead atoms. The maximum Gasteiger partial charge on any atom is 0.0802 e. The van der Waals surface area contributed by atoms with Crippen LogP contribution in [0.15, 0.2) is 28.7 Å². The summed E-state index contributed by atoms with van der Waals surface area (Å²) in [5.74, 6) is 0. The highest BCUT2D eigenvalue weighted by Crippen LogP contribution is 2.22. The van der Waals surface area contributed by atoms with Crippen molar-refractivity contribution in [2.24, 2.45) is 0 Å². The first kappa shape index (κ1) is 15.0. The second kappa shape index (κ2) is 6.84. The zero-order chi connectivity index (χ0) is 13.8. The van der Waals surface area contributed by atoms with Crippen LogP contribution in [0.4, 0.5) is 0 Å². The van der Waals surface area contributed by atoms with E-state index in [1.54, 1.807) is 0 Å². The van der Waals surface area contributed by atoms with Crippen molar-refractivity contribution in [3.63, 3.8) is 0 Å². The van der Waals surface area contributed by atoms with Crippen LogP contribution in [0.1, 0.15) is 24.5 Å². The molecule has 2 rings (SSSR count). The molecule has 3 nitrogen and oxygen atoms in total. The van der Waals surface area contributed by atoms with Gasteiger partial charge in [0.1, 0.15) is 0 Å². The molecule has 0 spiro atoms.